The molecule has 0 unspecified atom stereocenters. The molecule has 25 heavy (non-hydrogen) atoms. The van der Waals surface area contributed by atoms with Crippen LogP contribution in [0.2, 0.25) is 0 Å². The third-order valence-corrected chi connectivity index (χ3v) is 4.80. The van der Waals surface area contributed by atoms with Gasteiger partial charge in [-0.25, -0.2) is 0 Å². The van der Waals surface area contributed by atoms with Crippen molar-refractivity contribution in [1.29, 1.82) is 0 Å². The summed E-state index contributed by atoms with van der Waals surface area (Å²) in [5.41, 5.74) is 0.410. The smallest absolute Gasteiger partial charge is 0.258 e. The van der Waals surface area contributed by atoms with Crippen molar-refractivity contribution in [2.75, 3.05) is 27.3 Å². The second-order valence-electron chi connectivity index (χ2n) is 6.24. The zero-order valence-electron chi connectivity index (χ0n) is 15.0. The van der Waals surface area contributed by atoms with E-state index in [1.165, 1.54) is 7.11 Å². The van der Waals surface area contributed by atoms with Crippen molar-refractivity contribution in [3.05, 3.63) is 34.2 Å². The molecular weight excluding hydrogens is 320 g/mol. The van der Waals surface area contributed by atoms with Crippen molar-refractivity contribution in [2.24, 2.45) is 0 Å². The van der Waals surface area contributed by atoms with E-state index in [4.69, 9.17) is 9.47 Å². The van der Waals surface area contributed by atoms with Gasteiger partial charge in [0.1, 0.15) is 0 Å². The fourth-order valence-corrected chi connectivity index (χ4v) is 3.39. The Balaban J connectivity index is 2.24. The number of hydrogen-bond donors (Lipinski definition) is 0. The predicted octanol–water partition coefficient (Wildman–Crippen LogP) is 2.66. The minimum absolute atomic E-state index is 0.0286. The number of amides is 1. The molecule has 0 atom stereocenters. The van der Waals surface area contributed by atoms with Crippen molar-refractivity contribution >= 4 is 16.7 Å². The zero-order valence-corrected chi connectivity index (χ0v) is 15.0. The molecule has 6 nitrogen and oxygen atoms in total. The number of fused-ring (bicyclic) bond motifs is 1. The van der Waals surface area contributed by atoms with Gasteiger partial charge in [-0.3, -0.25) is 9.59 Å². The Labute approximate surface area is 146 Å². The first-order valence-electron chi connectivity index (χ1n) is 8.69. The molecule has 1 saturated heterocycles. The lowest BCUT2D eigenvalue weighted by atomic mass is 10.0. The number of aryl methyl sites for hydroxylation is 1. The lowest BCUT2D eigenvalue weighted by molar-refractivity contribution is 0.0725. The van der Waals surface area contributed by atoms with Crippen molar-refractivity contribution in [3.63, 3.8) is 0 Å². The number of benzene rings is 1. The average Bonchev–Trinajstić information content (AvgIpc) is 2.67. The van der Waals surface area contributed by atoms with Crippen LogP contribution in [0.15, 0.2) is 23.1 Å². The van der Waals surface area contributed by atoms with Gasteiger partial charge in [0.15, 0.2) is 11.5 Å². The van der Waals surface area contributed by atoms with Gasteiger partial charge in [-0.1, -0.05) is 0 Å². The van der Waals surface area contributed by atoms with Gasteiger partial charge in [0, 0.05) is 31.2 Å². The standard InChI is InChI=1S/C19H24N2O4/c1-4-20-12-15(19(23)21-8-6-5-7-9-21)13-10-16(24-2)17(25-3)11-14(13)18(20)22/h10-12H,4-9H2,1-3H3. The maximum Gasteiger partial charge on any atom is 0.258 e. The summed E-state index contributed by atoms with van der Waals surface area (Å²) in [7, 11) is 3.08. The normalized spacial score (nSPS) is 14.6. The summed E-state index contributed by atoms with van der Waals surface area (Å²) in [5, 5.41) is 1.09. The Morgan fingerprint density at radius 3 is 2.20 bits per heavy atom. The quantitative estimate of drug-likeness (QED) is 0.855. The summed E-state index contributed by atoms with van der Waals surface area (Å²) in [6.07, 6.45) is 4.87. The number of carbonyl (C=O) groups is 1. The van der Waals surface area contributed by atoms with E-state index in [2.05, 4.69) is 0 Å². The number of ether oxygens (including phenoxy) is 2. The molecule has 0 saturated carbocycles. The summed E-state index contributed by atoms with van der Waals surface area (Å²) in [4.78, 5) is 27.7. The summed E-state index contributed by atoms with van der Waals surface area (Å²) in [5.74, 6) is 0.966. The summed E-state index contributed by atoms with van der Waals surface area (Å²) < 4.78 is 12.3. The number of likely N-dealkylation sites (tertiary alicyclic amines) is 1. The van der Waals surface area contributed by atoms with E-state index in [0.717, 1.165) is 32.4 Å². The Morgan fingerprint density at radius 1 is 1.04 bits per heavy atom. The maximum atomic E-state index is 13.1. The van der Waals surface area contributed by atoms with Crippen molar-refractivity contribution in [3.8, 4) is 11.5 Å². The Bertz CT molecular complexity index is 851. The largest absolute Gasteiger partial charge is 0.493 e. The molecule has 1 aromatic heterocycles. The maximum absolute atomic E-state index is 13.1. The number of aromatic nitrogens is 1. The van der Waals surface area contributed by atoms with Gasteiger partial charge >= 0.3 is 0 Å². The van der Waals surface area contributed by atoms with Crippen LogP contribution in [0.3, 0.4) is 0 Å². The molecule has 134 valence electrons. The topological polar surface area (TPSA) is 60.8 Å². The molecule has 1 aliphatic rings. The van der Waals surface area contributed by atoms with E-state index in [-0.39, 0.29) is 11.5 Å². The fraction of sp³-hybridized carbons (Fsp3) is 0.474. The highest BCUT2D eigenvalue weighted by molar-refractivity contribution is 6.07. The summed E-state index contributed by atoms with van der Waals surface area (Å²) >= 11 is 0. The van der Waals surface area contributed by atoms with Gasteiger partial charge in [-0.05, 0) is 38.3 Å². The number of piperidine rings is 1. The lowest BCUT2D eigenvalue weighted by Gasteiger charge is -2.27. The molecule has 2 aromatic rings. The van der Waals surface area contributed by atoms with Gasteiger partial charge < -0.3 is 18.9 Å². The highest BCUT2D eigenvalue weighted by atomic mass is 16.5. The predicted molar refractivity (Wildman–Crippen MR) is 96.7 cm³/mol. The van der Waals surface area contributed by atoms with E-state index in [0.29, 0.717) is 34.4 Å². The molecule has 2 heterocycles. The first kappa shape index (κ1) is 17.3. The first-order chi connectivity index (χ1) is 12.1. The van der Waals surface area contributed by atoms with E-state index < -0.39 is 0 Å². The molecule has 6 heteroatoms. The van der Waals surface area contributed by atoms with E-state index in [9.17, 15) is 9.59 Å². The van der Waals surface area contributed by atoms with E-state index in [1.807, 2.05) is 11.8 Å². The Kier molecular flexibility index (Phi) is 4.97. The molecule has 3 rings (SSSR count). The summed E-state index contributed by atoms with van der Waals surface area (Å²) in [6, 6.07) is 3.39. The van der Waals surface area contributed by atoms with Gasteiger partial charge in [-0.2, -0.15) is 0 Å². The van der Waals surface area contributed by atoms with Gasteiger partial charge in [0.05, 0.1) is 25.2 Å². The van der Waals surface area contributed by atoms with Crippen LogP contribution in [-0.2, 0) is 6.54 Å². The van der Waals surface area contributed by atoms with Crippen LogP contribution in [0.4, 0.5) is 0 Å². The lowest BCUT2D eigenvalue weighted by Crippen LogP contribution is -2.36. The SMILES string of the molecule is CCn1cc(C(=O)N2CCCCC2)c2cc(OC)c(OC)cc2c1=O. The highest BCUT2D eigenvalue weighted by Crippen LogP contribution is 2.32. The minimum atomic E-state index is -0.131. The van der Waals surface area contributed by atoms with E-state index in [1.54, 1.807) is 30.0 Å². The number of carbonyl (C=O) groups excluding carboxylic acids is 1. The number of methoxy groups -OCH3 is 2. The molecular formula is C19H24N2O4. The fourth-order valence-electron chi connectivity index (χ4n) is 3.39. The second-order valence-corrected chi connectivity index (χ2v) is 6.24. The number of pyridine rings is 1. The summed E-state index contributed by atoms with van der Waals surface area (Å²) in [6.45, 7) is 3.92. The van der Waals surface area contributed by atoms with Crippen molar-refractivity contribution in [2.45, 2.75) is 32.7 Å². The van der Waals surface area contributed by atoms with Crippen LogP contribution in [0, 0.1) is 0 Å². The van der Waals surface area contributed by atoms with Crippen LogP contribution < -0.4 is 15.0 Å². The minimum Gasteiger partial charge on any atom is -0.493 e. The van der Waals surface area contributed by atoms with Crippen LogP contribution in [0.25, 0.3) is 10.8 Å². The monoisotopic (exact) mass is 344 g/mol. The molecule has 1 amide bonds. The highest BCUT2D eigenvalue weighted by Gasteiger charge is 2.23. The molecule has 1 fully saturated rings. The number of rotatable bonds is 4. The first-order valence-corrected chi connectivity index (χ1v) is 8.69. The molecule has 0 N–H and O–H groups in total. The van der Waals surface area contributed by atoms with Crippen LogP contribution in [-0.4, -0.2) is 42.7 Å². The van der Waals surface area contributed by atoms with E-state index >= 15 is 0 Å². The van der Waals surface area contributed by atoms with Crippen LogP contribution >= 0.6 is 0 Å². The molecule has 0 spiro atoms. The van der Waals surface area contributed by atoms with Gasteiger partial charge in [0.2, 0.25) is 0 Å². The molecule has 0 bridgehead atoms. The molecule has 1 aromatic carbocycles. The van der Waals surface area contributed by atoms with Crippen LogP contribution in [0.5, 0.6) is 11.5 Å². The number of nitrogens with zero attached hydrogens (tertiary/aromatic N) is 2. The second kappa shape index (κ2) is 7.17. The number of hydrogen-bond acceptors (Lipinski definition) is 4. The molecule has 0 aliphatic carbocycles. The zero-order chi connectivity index (χ0) is 18.0. The van der Waals surface area contributed by atoms with Gasteiger partial charge in [0.25, 0.3) is 11.5 Å². The Hall–Kier alpha value is -2.50. The average molecular weight is 344 g/mol. The van der Waals surface area contributed by atoms with Crippen LogP contribution in [0.1, 0.15) is 36.5 Å². The third kappa shape index (κ3) is 3.08. The Morgan fingerprint density at radius 2 is 1.64 bits per heavy atom. The van der Waals surface area contributed by atoms with Gasteiger partial charge in [-0.15, -0.1) is 0 Å². The third-order valence-electron chi connectivity index (χ3n) is 4.80. The van der Waals surface area contributed by atoms with Crippen molar-refractivity contribution < 1.29 is 14.3 Å². The molecule has 0 radical (unpaired) electrons. The van der Waals surface area contributed by atoms with Crippen molar-refractivity contribution in [1.82, 2.24) is 9.47 Å². The molecule has 1 aliphatic heterocycles.